The van der Waals surface area contributed by atoms with Crippen LogP contribution in [0.25, 0.3) is 0 Å². The summed E-state index contributed by atoms with van der Waals surface area (Å²) in [6.45, 7) is 6.54. The number of ether oxygens (including phenoxy) is 1. The van der Waals surface area contributed by atoms with E-state index in [2.05, 4.69) is 32.9 Å². The second-order valence-corrected chi connectivity index (χ2v) is 5.95. The number of benzene rings is 1. The first-order valence-electron chi connectivity index (χ1n) is 6.05. The number of methoxy groups -OCH3 is 1. The average molecular weight is 253 g/mol. The normalized spacial score (nSPS) is 14.7. The Hall–Kier alpha value is -0.670. The fourth-order valence-electron chi connectivity index (χ4n) is 1.64. The summed E-state index contributed by atoms with van der Waals surface area (Å²) in [5, 5.41) is 0.364. The lowest BCUT2D eigenvalue weighted by Crippen LogP contribution is -2.23. The van der Waals surface area contributed by atoms with Crippen LogP contribution in [0, 0.1) is 5.92 Å². The van der Waals surface area contributed by atoms with Crippen LogP contribution in [-0.2, 0) is 0 Å². The van der Waals surface area contributed by atoms with Gasteiger partial charge in [-0.1, -0.05) is 26.0 Å². The highest BCUT2D eigenvalue weighted by Crippen LogP contribution is 2.33. The Morgan fingerprint density at radius 1 is 1.18 bits per heavy atom. The van der Waals surface area contributed by atoms with Crippen LogP contribution < -0.4 is 10.5 Å². The van der Waals surface area contributed by atoms with Crippen molar-refractivity contribution < 1.29 is 4.74 Å². The summed E-state index contributed by atoms with van der Waals surface area (Å²) in [6, 6.07) is 8.38. The highest BCUT2D eigenvalue weighted by atomic mass is 32.2. The highest BCUT2D eigenvalue weighted by Gasteiger charge is 2.17. The third-order valence-corrected chi connectivity index (χ3v) is 4.45. The highest BCUT2D eigenvalue weighted by molar-refractivity contribution is 7.99. The van der Waals surface area contributed by atoms with Crippen LogP contribution in [0.1, 0.15) is 31.6 Å². The van der Waals surface area contributed by atoms with Gasteiger partial charge in [-0.3, -0.25) is 0 Å². The Labute approximate surface area is 109 Å². The van der Waals surface area contributed by atoms with Gasteiger partial charge < -0.3 is 10.5 Å². The van der Waals surface area contributed by atoms with E-state index in [0.29, 0.717) is 11.2 Å². The van der Waals surface area contributed by atoms with Gasteiger partial charge in [0.1, 0.15) is 5.75 Å². The molecule has 0 saturated carbocycles. The van der Waals surface area contributed by atoms with Crippen LogP contribution in [0.5, 0.6) is 5.75 Å². The van der Waals surface area contributed by atoms with Gasteiger partial charge in [0, 0.05) is 11.3 Å². The molecule has 3 heteroatoms. The standard InChI is InChI=1S/C14H23NOS/c1-10(2)9-17-14(11(3)15)12-5-7-13(16-4)8-6-12/h5-8,10-11,14H,9,15H2,1-4H3. The minimum atomic E-state index is 0.159. The number of nitrogens with two attached hydrogens (primary N) is 1. The van der Waals surface area contributed by atoms with Crippen LogP contribution >= 0.6 is 11.8 Å². The minimum Gasteiger partial charge on any atom is -0.497 e. The molecule has 2 atom stereocenters. The molecule has 2 N–H and O–H groups in total. The first-order valence-corrected chi connectivity index (χ1v) is 7.10. The summed E-state index contributed by atoms with van der Waals surface area (Å²) < 4.78 is 5.17. The Balaban J connectivity index is 2.74. The van der Waals surface area contributed by atoms with Crippen molar-refractivity contribution in [2.24, 2.45) is 11.7 Å². The lowest BCUT2D eigenvalue weighted by atomic mass is 10.1. The number of hydrogen-bond acceptors (Lipinski definition) is 3. The minimum absolute atomic E-state index is 0.159. The van der Waals surface area contributed by atoms with Crippen LogP contribution in [0.4, 0.5) is 0 Å². The molecule has 1 rings (SSSR count). The van der Waals surface area contributed by atoms with Crippen molar-refractivity contribution in [3.05, 3.63) is 29.8 Å². The van der Waals surface area contributed by atoms with Gasteiger partial charge in [-0.05, 0) is 36.3 Å². The maximum Gasteiger partial charge on any atom is 0.118 e. The molecule has 0 heterocycles. The van der Waals surface area contributed by atoms with Crippen LogP contribution in [0.15, 0.2) is 24.3 Å². The quantitative estimate of drug-likeness (QED) is 0.843. The van der Waals surface area contributed by atoms with Gasteiger partial charge in [0.05, 0.1) is 7.11 Å². The topological polar surface area (TPSA) is 35.2 Å². The van der Waals surface area contributed by atoms with Crippen molar-refractivity contribution in [3.63, 3.8) is 0 Å². The molecule has 0 spiro atoms. The molecule has 0 fully saturated rings. The molecule has 1 aromatic rings. The maximum atomic E-state index is 6.07. The van der Waals surface area contributed by atoms with Crippen molar-refractivity contribution in [3.8, 4) is 5.75 Å². The molecular formula is C14H23NOS. The molecule has 0 aromatic heterocycles. The van der Waals surface area contributed by atoms with Gasteiger partial charge in [-0.15, -0.1) is 0 Å². The molecule has 2 unspecified atom stereocenters. The number of rotatable bonds is 6. The summed E-state index contributed by atoms with van der Waals surface area (Å²) in [7, 11) is 1.69. The monoisotopic (exact) mass is 253 g/mol. The van der Waals surface area contributed by atoms with Crippen molar-refractivity contribution in [2.75, 3.05) is 12.9 Å². The maximum absolute atomic E-state index is 6.07. The Morgan fingerprint density at radius 3 is 2.18 bits per heavy atom. The van der Waals surface area contributed by atoms with Gasteiger partial charge in [0.15, 0.2) is 0 Å². The smallest absolute Gasteiger partial charge is 0.118 e. The molecule has 96 valence electrons. The molecule has 0 radical (unpaired) electrons. The third kappa shape index (κ3) is 4.60. The van der Waals surface area contributed by atoms with Crippen LogP contribution in [0.3, 0.4) is 0 Å². The molecule has 0 saturated heterocycles. The first-order chi connectivity index (χ1) is 8.04. The van der Waals surface area contributed by atoms with Gasteiger partial charge in [-0.2, -0.15) is 11.8 Å². The predicted molar refractivity (Wildman–Crippen MR) is 76.7 cm³/mol. The lowest BCUT2D eigenvalue weighted by molar-refractivity contribution is 0.414. The average Bonchev–Trinajstić information content (AvgIpc) is 2.29. The van der Waals surface area contributed by atoms with E-state index in [9.17, 15) is 0 Å². The Bertz CT molecular complexity index is 321. The van der Waals surface area contributed by atoms with E-state index in [4.69, 9.17) is 10.5 Å². The van der Waals surface area contributed by atoms with Crippen molar-refractivity contribution in [2.45, 2.75) is 32.1 Å². The zero-order valence-electron chi connectivity index (χ0n) is 11.1. The number of thioether (sulfide) groups is 1. The number of hydrogen-bond donors (Lipinski definition) is 1. The summed E-state index contributed by atoms with van der Waals surface area (Å²) in [6.07, 6.45) is 0. The molecule has 17 heavy (non-hydrogen) atoms. The SMILES string of the molecule is COc1ccc(C(SCC(C)C)C(C)N)cc1. The Morgan fingerprint density at radius 2 is 1.76 bits per heavy atom. The van der Waals surface area contributed by atoms with E-state index < -0.39 is 0 Å². The van der Waals surface area contributed by atoms with Gasteiger partial charge in [0.2, 0.25) is 0 Å². The van der Waals surface area contributed by atoms with Crippen molar-refractivity contribution >= 4 is 11.8 Å². The molecule has 0 aliphatic rings. The molecule has 0 amide bonds. The van der Waals surface area contributed by atoms with E-state index in [0.717, 1.165) is 11.5 Å². The molecule has 2 nitrogen and oxygen atoms in total. The zero-order chi connectivity index (χ0) is 12.8. The third-order valence-electron chi connectivity index (χ3n) is 2.53. The summed E-state index contributed by atoms with van der Waals surface area (Å²) in [4.78, 5) is 0. The summed E-state index contributed by atoms with van der Waals surface area (Å²) in [5.74, 6) is 2.73. The fraction of sp³-hybridized carbons (Fsp3) is 0.571. The van der Waals surface area contributed by atoms with Crippen LogP contribution in [-0.4, -0.2) is 18.9 Å². The molecule has 0 aliphatic heterocycles. The Kier molecular flexibility index (Phi) is 5.86. The van der Waals surface area contributed by atoms with E-state index in [1.165, 1.54) is 5.56 Å². The van der Waals surface area contributed by atoms with Gasteiger partial charge in [-0.25, -0.2) is 0 Å². The zero-order valence-corrected chi connectivity index (χ0v) is 12.0. The van der Waals surface area contributed by atoms with Gasteiger partial charge in [0.25, 0.3) is 0 Å². The molecule has 0 aliphatic carbocycles. The largest absolute Gasteiger partial charge is 0.497 e. The first kappa shape index (κ1) is 14.4. The van der Waals surface area contributed by atoms with E-state index in [-0.39, 0.29) is 6.04 Å². The fourth-order valence-corrected chi connectivity index (χ4v) is 2.89. The second-order valence-electron chi connectivity index (χ2n) is 4.78. The molecule has 0 bridgehead atoms. The van der Waals surface area contributed by atoms with Crippen molar-refractivity contribution in [1.82, 2.24) is 0 Å². The van der Waals surface area contributed by atoms with Gasteiger partial charge >= 0.3 is 0 Å². The van der Waals surface area contributed by atoms with Crippen LogP contribution in [0.2, 0.25) is 0 Å². The molecular weight excluding hydrogens is 230 g/mol. The van der Waals surface area contributed by atoms with E-state index in [1.54, 1.807) is 7.11 Å². The second kappa shape index (κ2) is 6.92. The predicted octanol–water partition coefficient (Wildman–Crippen LogP) is 3.47. The summed E-state index contributed by atoms with van der Waals surface area (Å²) >= 11 is 1.94. The summed E-state index contributed by atoms with van der Waals surface area (Å²) in [5.41, 5.74) is 7.36. The van der Waals surface area contributed by atoms with E-state index >= 15 is 0 Å². The lowest BCUT2D eigenvalue weighted by Gasteiger charge is -2.22. The van der Waals surface area contributed by atoms with Crippen molar-refractivity contribution in [1.29, 1.82) is 0 Å². The molecule has 1 aromatic carbocycles. The van der Waals surface area contributed by atoms with E-state index in [1.807, 2.05) is 23.9 Å².